The van der Waals surface area contributed by atoms with Gasteiger partial charge in [-0.1, -0.05) is 6.92 Å². The van der Waals surface area contributed by atoms with Gasteiger partial charge in [-0.05, 0) is 58.5 Å². The first-order chi connectivity index (χ1) is 7.38. The molecular weight excluding hydrogens is 202 g/mol. The first-order valence-corrected chi connectivity index (χ1v) is 6.31. The van der Waals surface area contributed by atoms with Crippen molar-refractivity contribution in [3.63, 3.8) is 0 Å². The highest BCUT2D eigenvalue weighted by molar-refractivity contribution is 5.70. The van der Waals surface area contributed by atoms with Crippen molar-refractivity contribution in [2.45, 2.75) is 52.6 Å². The number of esters is 1. The molecule has 0 aliphatic carbocycles. The van der Waals surface area contributed by atoms with Crippen molar-refractivity contribution in [2.75, 3.05) is 13.1 Å². The molecule has 1 saturated heterocycles. The smallest absolute Gasteiger partial charge is 0.306 e. The summed E-state index contributed by atoms with van der Waals surface area (Å²) < 4.78 is 5.34. The Morgan fingerprint density at radius 2 is 1.94 bits per heavy atom. The zero-order valence-corrected chi connectivity index (χ0v) is 11.0. The van der Waals surface area contributed by atoms with Gasteiger partial charge in [0, 0.05) is 6.42 Å². The summed E-state index contributed by atoms with van der Waals surface area (Å²) >= 11 is 0. The summed E-state index contributed by atoms with van der Waals surface area (Å²) in [6.07, 6.45) is 2.93. The molecule has 0 radical (unpaired) electrons. The van der Waals surface area contributed by atoms with Crippen molar-refractivity contribution >= 4 is 5.97 Å². The minimum atomic E-state index is -0.356. The van der Waals surface area contributed by atoms with Crippen molar-refractivity contribution in [2.24, 2.45) is 11.8 Å². The molecule has 0 aromatic carbocycles. The highest BCUT2D eigenvalue weighted by Crippen LogP contribution is 2.25. The van der Waals surface area contributed by atoms with Crippen molar-refractivity contribution in [3.05, 3.63) is 0 Å². The molecule has 1 unspecified atom stereocenters. The predicted molar refractivity (Wildman–Crippen MR) is 65.2 cm³/mol. The summed E-state index contributed by atoms with van der Waals surface area (Å²) in [5.74, 6) is 1.06. The van der Waals surface area contributed by atoms with Crippen LogP contribution in [0.25, 0.3) is 0 Å². The Morgan fingerprint density at radius 3 is 2.44 bits per heavy atom. The molecule has 1 fully saturated rings. The van der Waals surface area contributed by atoms with Crippen LogP contribution in [0.1, 0.15) is 47.0 Å². The van der Waals surface area contributed by atoms with E-state index >= 15 is 0 Å². The second-order valence-electron chi connectivity index (χ2n) is 5.86. The molecular formula is C13H25NO2. The van der Waals surface area contributed by atoms with Gasteiger partial charge >= 0.3 is 5.97 Å². The van der Waals surface area contributed by atoms with Gasteiger partial charge in [-0.3, -0.25) is 4.79 Å². The van der Waals surface area contributed by atoms with E-state index in [0.29, 0.717) is 18.3 Å². The third-order valence-corrected chi connectivity index (χ3v) is 3.10. The van der Waals surface area contributed by atoms with Gasteiger partial charge in [0.2, 0.25) is 0 Å². The van der Waals surface area contributed by atoms with Crippen LogP contribution in [-0.2, 0) is 9.53 Å². The number of rotatable bonds is 3. The summed E-state index contributed by atoms with van der Waals surface area (Å²) in [6, 6.07) is 0. The molecule has 0 aromatic heterocycles. The van der Waals surface area contributed by atoms with E-state index in [1.165, 1.54) is 12.8 Å². The average Bonchev–Trinajstić information content (AvgIpc) is 2.16. The van der Waals surface area contributed by atoms with E-state index in [9.17, 15) is 4.79 Å². The van der Waals surface area contributed by atoms with Crippen LogP contribution in [0.4, 0.5) is 0 Å². The molecule has 0 bridgehead atoms. The van der Waals surface area contributed by atoms with Crippen LogP contribution in [0.3, 0.4) is 0 Å². The minimum absolute atomic E-state index is 0.0569. The monoisotopic (exact) mass is 227 g/mol. The van der Waals surface area contributed by atoms with Gasteiger partial charge in [0.15, 0.2) is 0 Å². The molecule has 1 atom stereocenters. The first kappa shape index (κ1) is 13.5. The Bertz CT molecular complexity index is 227. The van der Waals surface area contributed by atoms with Crippen LogP contribution in [0, 0.1) is 11.8 Å². The topological polar surface area (TPSA) is 38.3 Å². The molecule has 1 aliphatic rings. The van der Waals surface area contributed by atoms with Crippen molar-refractivity contribution < 1.29 is 9.53 Å². The molecule has 0 spiro atoms. The van der Waals surface area contributed by atoms with Gasteiger partial charge in [0.25, 0.3) is 0 Å². The molecule has 0 amide bonds. The van der Waals surface area contributed by atoms with E-state index in [0.717, 1.165) is 13.1 Å². The highest BCUT2D eigenvalue weighted by atomic mass is 16.6. The molecule has 16 heavy (non-hydrogen) atoms. The maximum atomic E-state index is 11.7. The maximum Gasteiger partial charge on any atom is 0.306 e. The standard InChI is InChI=1S/C13H25NO2/c1-10(11-5-7-14-8-6-11)9-12(15)16-13(2,3)4/h10-11,14H,5-9H2,1-4H3. The number of hydrogen-bond donors (Lipinski definition) is 1. The molecule has 0 aromatic rings. The summed E-state index contributed by atoms with van der Waals surface area (Å²) in [7, 11) is 0. The van der Waals surface area contributed by atoms with E-state index in [1.54, 1.807) is 0 Å². The summed E-state index contributed by atoms with van der Waals surface area (Å²) in [5, 5.41) is 3.34. The Labute approximate surface area is 98.9 Å². The lowest BCUT2D eigenvalue weighted by atomic mass is 9.84. The van der Waals surface area contributed by atoms with E-state index in [2.05, 4.69) is 12.2 Å². The maximum absolute atomic E-state index is 11.7. The molecule has 3 heteroatoms. The summed E-state index contributed by atoms with van der Waals surface area (Å²) in [5.41, 5.74) is -0.356. The molecule has 3 nitrogen and oxygen atoms in total. The van der Waals surface area contributed by atoms with E-state index in [4.69, 9.17) is 4.74 Å². The van der Waals surface area contributed by atoms with Gasteiger partial charge in [0.1, 0.15) is 5.60 Å². The van der Waals surface area contributed by atoms with E-state index in [-0.39, 0.29) is 11.6 Å². The second kappa shape index (κ2) is 5.67. The summed E-state index contributed by atoms with van der Waals surface area (Å²) in [4.78, 5) is 11.7. The lowest BCUT2D eigenvalue weighted by Gasteiger charge is -2.28. The summed E-state index contributed by atoms with van der Waals surface area (Å²) in [6.45, 7) is 10.1. The fraction of sp³-hybridized carbons (Fsp3) is 0.923. The van der Waals surface area contributed by atoms with Crippen LogP contribution in [0.15, 0.2) is 0 Å². The highest BCUT2D eigenvalue weighted by Gasteiger charge is 2.24. The quantitative estimate of drug-likeness (QED) is 0.752. The largest absolute Gasteiger partial charge is 0.460 e. The molecule has 1 N–H and O–H groups in total. The number of carbonyl (C=O) groups excluding carboxylic acids is 1. The third kappa shape index (κ3) is 4.97. The fourth-order valence-electron chi connectivity index (χ4n) is 2.23. The van der Waals surface area contributed by atoms with Gasteiger partial charge < -0.3 is 10.1 Å². The fourth-order valence-corrected chi connectivity index (χ4v) is 2.23. The first-order valence-electron chi connectivity index (χ1n) is 6.31. The minimum Gasteiger partial charge on any atom is -0.460 e. The third-order valence-electron chi connectivity index (χ3n) is 3.10. The zero-order chi connectivity index (χ0) is 12.2. The van der Waals surface area contributed by atoms with Gasteiger partial charge in [-0.15, -0.1) is 0 Å². The number of carbonyl (C=O) groups is 1. The van der Waals surface area contributed by atoms with Crippen LogP contribution in [0.2, 0.25) is 0 Å². The molecule has 0 saturated carbocycles. The SMILES string of the molecule is CC(CC(=O)OC(C)(C)C)C1CCNCC1. The Hall–Kier alpha value is -0.570. The van der Waals surface area contributed by atoms with Crippen LogP contribution >= 0.6 is 0 Å². The van der Waals surface area contributed by atoms with E-state index in [1.807, 2.05) is 20.8 Å². The zero-order valence-electron chi connectivity index (χ0n) is 11.0. The number of ether oxygens (including phenoxy) is 1. The molecule has 1 aliphatic heterocycles. The van der Waals surface area contributed by atoms with Crippen LogP contribution in [-0.4, -0.2) is 24.7 Å². The molecule has 1 rings (SSSR count). The van der Waals surface area contributed by atoms with Crippen LogP contribution in [0.5, 0.6) is 0 Å². The normalized spacial score (nSPS) is 20.5. The van der Waals surface area contributed by atoms with Gasteiger partial charge in [0.05, 0.1) is 0 Å². The Kier molecular flexibility index (Phi) is 4.78. The lowest BCUT2D eigenvalue weighted by Crippen LogP contribution is -2.32. The average molecular weight is 227 g/mol. The van der Waals surface area contributed by atoms with Crippen LogP contribution < -0.4 is 5.32 Å². The Balaban J connectivity index is 2.32. The Morgan fingerprint density at radius 1 is 1.38 bits per heavy atom. The van der Waals surface area contributed by atoms with Crippen molar-refractivity contribution in [1.29, 1.82) is 0 Å². The second-order valence-corrected chi connectivity index (χ2v) is 5.86. The van der Waals surface area contributed by atoms with Crippen molar-refractivity contribution in [1.82, 2.24) is 5.32 Å². The van der Waals surface area contributed by atoms with E-state index < -0.39 is 0 Å². The number of nitrogens with one attached hydrogen (secondary N) is 1. The lowest BCUT2D eigenvalue weighted by molar-refractivity contribution is -0.156. The molecule has 94 valence electrons. The van der Waals surface area contributed by atoms with Gasteiger partial charge in [-0.25, -0.2) is 0 Å². The number of piperidine rings is 1. The molecule has 1 heterocycles. The van der Waals surface area contributed by atoms with Crippen molar-refractivity contribution in [3.8, 4) is 0 Å². The predicted octanol–water partition coefficient (Wildman–Crippen LogP) is 2.35. The van der Waals surface area contributed by atoms with Gasteiger partial charge in [-0.2, -0.15) is 0 Å². The number of hydrogen-bond acceptors (Lipinski definition) is 3.